The van der Waals surface area contributed by atoms with E-state index in [0.717, 1.165) is 12.0 Å². The molecule has 0 saturated heterocycles. The van der Waals surface area contributed by atoms with Crippen molar-refractivity contribution in [2.24, 2.45) is 5.92 Å². The van der Waals surface area contributed by atoms with Crippen molar-refractivity contribution >= 4 is 18.2 Å². The highest BCUT2D eigenvalue weighted by Gasteiger charge is 2.22. The molecular formula is C23H25NO6. The van der Waals surface area contributed by atoms with Crippen molar-refractivity contribution in [1.82, 2.24) is 5.32 Å². The van der Waals surface area contributed by atoms with Crippen molar-refractivity contribution in [1.29, 1.82) is 0 Å². The van der Waals surface area contributed by atoms with E-state index in [9.17, 15) is 14.4 Å². The SMILES string of the molecule is CC(C)[C@H](NC(=O)COC(=O)c1ccc(C=O)cc1)c1ccc2c(c1)OCCCO2. The number of amides is 1. The second-order valence-electron chi connectivity index (χ2n) is 7.36. The molecule has 1 aliphatic heterocycles. The maximum Gasteiger partial charge on any atom is 0.338 e. The number of hydrogen-bond donors (Lipinski definition) is 1. The van der Waals surface area contributed by atoms with Crippen LogP contribution in [0.3, 0.4) is 0 Å². The van der Waals surface area contributed by atoms with Gasteiger partial charge in [-0.25, -0.2) is 4.79 Å². The summed E-state index contributed by atoms with van der Waals surface area (Å²) in [6.07, 6.45) is 1.51. The predicted molar refractivity (Wildman–Crippen MR) is 110 cm³/mol. The quantitative estimate of drug-likeness (QED) is 0.555. The maximum atomic E-state index is 12.4. The first kappa shape index (κ1) is 21.4. The number of rotatable bonds is 7. The standard InChI is InChI=1S/C23H25NO6/c1-15(2)22(18-8-9-19-20(12-18)29-11-3-10-28-19)24-21(26)14-30-23(27)17-6-4-16(13-25)5-7-17/h4-9,12-13,15,22H,3,10-11,14H2,1-2H3,(H,24,26)/t22-/m0/s1. The zero-order valence-corrected chi connectivity index (χ0v) is 17.1. The van der Waals surface area contributed by atoms with Gasteiger partial charge in [0, 0.05) is 12.0 Å². The van der Waals surface area contributed by atoms with Crippen LogP contribution in [0.15, 0.2) is 42.5 Å². The minimum Gasteiger partial charge on any atom is -0.490 e. The fourth-order valence-electron chi connectivity index (χ4n) is 3.14. The van der Waals surface area contributed by atoms with Crippen molar-refractivity contribution in [3.8, 4) is 11.5 Å². The second kappa shape index (κ2) is 9.91. The first-order valence-corrected chi connectivity index (χ1v) is 9.89. The van der Waals surface area contributed by atoms with Gasteiger partial charge in [0.25, 0.3) is 5.91 Å². The van der Waals surface area contributed by atoms with Gasteiger partial charge in [-0.3, -0.25) is 9.59 Å². The molecule has 1 heterocycles. The maximum absolute atomic E-state index is 12.4. The van der Waals surface area contributed by atoms with Crippen molar-refractivity contribution in [3.05, 3.63) is 59.2 Å². The van der Waals surface area contributed by atoms with Gasteiger partial charge in [-0.05, 0) is 35.7 Å². The average molecular weight is 411 g/mol. The molecule has 1 N–H and O–H groups in total. The monoisotopic (exact) mass is 411 g/mol. The van der Waals surface area contributed by atoms with Crippen LogP contribution in [0.5, 0.6) is 11.5 Å². The van der Waals surface area contributed by atoms with E-state index in [1.165, 1.54) is 24.3 Å². The van der Waals surface area contributed by atoms with Crippen LogP contribution in [-0.2, 0) is 9.53 Å². The first-order valence-electron chi connectivity index (χ1n) is 9.89. The Morgan fingerprint density at radius 2 is 1.77 bits per heavy atom. The lowest BCUT2D eigenvalue weighted by atomic mass is 9.95. The van der Waals surface area contributed by atoms with Crippen LogP contribution in [0.2, 0.25) is 0 Å². The molecule has 1 amide bonds. The van der Waals surface area contributed by atoms with E-state index in [1.807, 2.05) is 32.0 Å². The number of aldehydes is 1. The number of hydrogen-bond acceptors (Lipinski definition) is 6. The van der Waals surface area contributed by atoms with Gasteiger partial charge in [0.2, 0.25) is 0 Å². The zero-order valence-electron chi connectivity index (χ0n) is 17.1. The van der Waals surface area contributed by atoms with Crippen molar-refractivity contribution in [3.63, 3.8) is 0 Å². The van der Waals surface area contributed by atoms with Crippen LogP contribution in [0.25, 0.3) is 0 Å². The summed E-state index contributed by atoms with van der Waals surface area (Å²) in [7, 11) is 0. The van der Waals surface area contributed by atoms with Crippen LogP contribution in [-0.4, -0.2) is 38.0 Å². The summed E-state index contributed by atoms with van der Waals surface area (Å²) in [4.78, 5) is 35.2. The van der Waals surface area contributed by atoms with Crippen LogP contribution >= 0.6 is 0 Å². The Morgan fingerprint density at radius 3 is 2.43 bits per heavy atom. The highest BCUT2D eigenvalue weighted by molar-refractivity contribution is 5.92. The van der Waals surface area contributed by atoms with Crippen LogP contribution in [0.4, 0.5) is 0 Å². The Bertz CT molecular complexity index is 906. The summed E-state index contributed by atoms with van der Waals surface area (Å²) >= 11 is 0. The van der Waals surface area contributed by atoms with Crippen molar-refractivity contribution in [2.75, 3.05) is 19.8 Å². The van der Waals surface area contributed by atoms with Crippen molar-refractivity contribution in [2.45, 2.75) is 26.3 Å². The van der Waals surface area contributed by atoms with E-state index in [-0.39, 0.29) is 17.5 Å². The Morgan fingerprint density at radius 1 is 1.07 bits per heavy atom. The molecule has 0 radical (unpaired) electrons. The summed E-state index contributed by atoms with van der Waals surface area (Å²) in [6, 6.07) is 11.4. The normalized spacial score (nSPS) is 13.8. The van der Waals surface area contributed by atoms with Gasteiger partial charge >= 0.3 is 5.97 Å². The highest BCUT2D eigenvalue weighted by atomic mass is 16.5. The number of esters is 1. The molecule has 2 aromatic rings. The largest absolute Gasteiger partial charge is 0.490 e. The fraction of sp³-hybridized carbons (Fsp3) is 0.348. The average Bonchev–Trinajstić information content (AvgIpc) is 3.00. The third-order valence-corrected chi connectivity index (χ3v) is 4.73. The number of benzene rings is 2. The Kier molecular flexibility index (Phi) is 7.06. The minimum atomic E-state index is -0.626. The van der Waals surface area contributed by atoms with Gasteiger partial charge in [-0.15, -0.1) is 0 Å². The molecular weight excluding hydrogens is 386 g/mol. The Hall–Kier alpha value is -3.35. The molecule has 0 spiro atoms. The third kappa shape index (κ3) is 5.37. The van der Waals surface area contributed by atoms with E-state index in [2.05, 4.69) is 5.32 Å². The van der Waals surface area contributed by atoms with Gasteiger partial charge in [-0.2, -0.15) is 0 Å². The summed E-state index contributed by atoms with van der Waals surface area (Å²) in [5, 5.41) is 2.92. The van der Waals surface area contributed by atoms with Crippen LogP contribution in [0, 0.1) is 5.92 Å². The Balaban J connectivity index is 1.62. The molecule has 30 heavy (non-hydrogen) atoms. The number of nitrogens with one attached hydrogen (secondary N) is 1. The van der Waals surface area contributed by atoms with E-state index < -0.39 is 18.5 Å². The minimum absolute atomic E-state index is 0.102. The summed E-state index contributed by atoms with van der Waals surface area (Å²) in [6.45, 7) is 4.78. The number of carbonyl (C=O) groups excluding carboxylic acids is 3. The molecule has 2 aromatic carbocycles. The highest BCUT2D eigenvalue weighted by Crippen LogP contribution is 2.34. The van der Waals surface area contributed by atoms with Gasteiger partial charge in [0.05, 0.1) is 24.8 Å². The van der Waals surface area contributed by atoms with Crippen LogP contribution in [0.1, 0.15) is 52.6 Å². The lowest BCUT2D eigenvalue weighted by Gasteiger charge is -2.23. The number of fused-ring (bicyclic) bond motifs is 1. The van der Waals surface area contributed by atoms with E-state index in [1.54, 1.807) is 0 Å². The number of carbonyl (C=O) groups is 3. The van der Waals surface area contributed by atoms with Gasteiger partial charge in [0.1, 0.15) is 6.29 Å². The molecule has 0 aromatic heterocycles. The molecule has 0 aliphatic carbocycles. The molecule has 0 fully saturated rings. The Labute approximate surface area is 175 Å². The third-order valence-electron chi connectivity index (χ3n) is 4.73. The molecule has 0 bridgehead atoms. The van der Waals surface area contributed by atoms with Crippen molar-refractivity contribution < 1.29 is 28.6 Å². The van der Waals surface area contributed by atoms with E-state index in [4.69, 9.17) is 14.2 Å². The lowest BCUT2D eigenvalue weighted by molar-refractivity contribution is -0.125. The lowest BCUT2D eigenvalue weighted by Crippen LogP contribution is -2.35. The smallest absolute Gasteiger partial charge is 0.338 e. The van der Waals surface area contributed by atoms with E-state index in [0.29, 0.717) is 36.6 Å². The topological polar surface area (TPSA) is 90.9 Å². The van der Waals surface area contributed by atoms with Crippen LogP contribution < -0.4 is 14.8 Å². The second-order valence-corrected chi connectivity index (χ2v) is 7.36. The predicted octanol–water partition coefficient (Wildman–Crippen LogP) is 3.33. The van der Waals surface area contributed by atoms with Gasteiger partial charge < -0.3 is 19.5 Å². The molecule has 3 rings (SSSR count). The molecule has 7 heteroatoms. The molecule has 0 saturated carbocycles. The zero-order chi connectivity index (χ0) is 21.5. The summed E-state index contributed by atoms with van der Waals surface area (Å²) in [5.41, 5.74) is 1.62. The number of ether oxygens (including phenoxy) is 3. The molecule has 7 nitrogen and oxygen atoms in total. The fourth-order valence-corrected chi connectivity index (χ4v) is 3.14. The summed E-state index contributed by atoms with van der Waals surface area (Å²) in [5.74, 6) is 0.429. The van der Waals surface area contributed by atoms with Gasteiger partial charge in [0.15, 0.2) is 18.1 Å². The molecule has 1 aliphatic rings. The molecule has 158 valence electrons. The first-order chi connectivity index (χ1) is 14.5. The van der Waals surface area contributed by atoms with Gasteiger partial charge in [-0.1, -0.05) is 32.0 Å². The molecule has 1 atom stereocenters. The summed E-state index contributed by atoms with van der Waals surface area (Å²) < 4.78 is 16.5. The molecule has 0 unspecified atom stereocenters. The van der Waals surface area contributed by atoms with E-state index >= 15 is 0 Å².